The predicted molar refractivity (Wildman–Crippen MR) is 61.6 cm³/mol. The van der Waals surface area contributed by atoms with Crippen molar-refractivity contribution in [1.82, 2.24) is 0 Å². The van der Waals surface area contributed by atoms with Gasteiger partial charge in [-0.05, 0) is 45.4 Å². The third-order valence-electron chi connectivity index (χ3n) is 3.14. The lowest BCUT2D eigenvalue weighted by Crippen LogP contribution is -2.25. The molecule has 0 aliphatic heterocycles. The average molecular weight is 210 g/mol. The van der Waals surface area contributed by atoms with Crippen molar-refractivity contribution in [1.29, 1.82) is 0 Å². The van der Waals surface area contributed by atoms with Gasteiger partial charge in [0.15, 0.2) is 0 Å². The summed E-state index contributed by atoms with van der Waals surface area (Å²) in [7, 11) is 0. The minimum absolute atomic E-state index is 0.110. The molecule has 86 valence electrons. The zero-order valence-corrected chi connectivity index (χ0v) is 10.3. The minimum atomic E-state index is -0.137. The van der Waals surface area contributed by atoms with Gasteiger partial charge >= 0.3 is 5.97 Å². The summed E-state index contributed by atoms with van der Waals surface area (Å²) in [6.07, 6.45) is 6.54. The van der Waals surface area contributed by atoms with Crippen molar-refractivity contribution in [2.75, 3.05) is 0 Å². The molecule has 0 saturated heterocycles. The van der Waals surface area contributed by atoms with Crippen molar-refractivity contribution in [3.63, 3.8) is 0 Å². The van der Waals surface area contributed by atoms with Gasteiger partial charge in [-0.1, -0.05) is 18.6 Å². The first-order valence-electron chi connectivity index (χ1n) is 5.79. The van der Waals surface area contributed by atoms with Gasteiger partial charge in [-0.15, -0.1) is 0 Å². The highest BCUT2D eigenvalue weighted by atomic mass is 16.6. The summed E-state index contributed by atoms with van der Waals surface area (Å²) < 4.78 is 5.41. The largest absolute Gasteiger partial charge is 0.459 e. The number of hydrogen-bond acceptors (Lipinski definition) is 2. The van der Waals surface area contributed by atoms with E-state index < -0.39 is 0 Å². The van der Waals surface area contributed by atoms with Crippen molar-refractivity contribution in [3.05, 3.63) is 11.6 Å². The molecule has 0 radical (unpaired) electrons. The van der Waals surface area contributed by atoms with Crippen molar-refractivity contribution in [3.8, 4) is 0 Å². The van der Waals surface area contributed by atoms with E-state index in [2.05, 4.69) is 26.8 Å². The van der Waals surface area contributed by atoms with E-state index in [4.69, 9.17) is 4.74 Å². The molecule has 1 aliphatic rings. The van der Waals surface area contributed by atoms with E-state index in [9.17, 15) is 4.79 Å². The molecule has 2 nitrogen and oxygen atoms in total. The smallest absolute Gasteiger partial charge is 0.303 e. The Labute approximate surface area is 92.7 Å². The van der Waals surface area contributed by atoms with Crippen LogP contribution in [0.2, 0.25) is 0 Å². The zero-order chi connectivity index (χ0) is 11.5. The predicted octanol–water partition coefficient (Wildman–Crippen LogP) is 3.46. The second kappa shape index (κ2) is 4.82. The lowest BCUT2D eigenvalue weighted by Gasteiger charge is -2.22. The van der Waals surface area contributed by atoms with Crippen LogP contribution >= 0.6 is 0 Å². The third kappa shape index (κ3) is 3.69. The van der Waals surface area contributed by atoms with E-state index in [0.717, 1.165) is 25.7 Å². The maximum atomic E-state index is 11.0. The van der Waals surface area contributed by atoms with Crippen LogP contribution in [0.3, 0.4) is 0 Å². The van der Waals surface area contributed by atoms with E-state index in [-0.39, 0.29) is 11.6 Å². The van der Waals surface area contributed by atoms with Gasteiger partial charge in [-0.3, -0.25) is 4.79 Å². The molecule has 0 aromatic rings. The number of ether oxygens (including phenoxy) is 1. The molecule has 0 aromatic carbocycles. The normalized spacial score (nSPS) is 19.2. The molecule has 1 unspecified atom stereocenters. The monoisotopic (exact) mass is 210 g/mol. The number of carbonyl (C=O) groups excluding carboxylic acids is 1. The second-order valence-corrected chi connectivity index (χ2v) is 4.92. The molecule has 0 N–H and O–H groups in total. The lowest BCUT2D eigenvalue weighted by molar-refractivity contribution is -0.151. The van der Waals surface area contributed by atoms with Gasteiger partial charge < -0.3 is 4.74 Å². The van der Waals surface area contributed by atoms with Crippen LogP contribution in [0.25, 0.3) is 0 Å². The van der Waals surface area contributed by atoms with E-state index in [1.807, 2.05) is 0 Å². The van der Waals surface area contributed by atoms with Gasteiger partial charge in [-0.25, -0.2) is 0 Å². The summed E-state index contributed by atoms with van der Waals surface area (Å²) in [5, 5.41) is 0. The van der Waals surface area contributed by atoms with E-state index in [0.29, 0.717) is 5.92 Å². The van der Waals surface area contributed by atoms with Crippen LogP contribution in [0.15, 0.2) is 11.6 Å². The first kappa shape index (κ1) is 12.3. The van der Waals surface area contributed by atoms with Crippen LogP contribution in [0.4, 0.5) is 0 Å². The Morgan fingerprint density at radius 3 is 2.40 bits per heavy atom. The van der Waals surface area contributed by atoms with Crippen molar-refractivity contribution >= 4 is 5.97 Å². The van der Waals surface area contributed by atoms with Crippen molar-refractivity contribution in [2.24, 2.45) is 5.92 Å². The van der Waals surface area contributed by atoms with E-state index in [1.165, 1.54) is 12.5 Å². The lowest BCUT2D eigenvalue weighted by atomic mass is 9.96. The van der Waals surface area contributed by atoms with Crippen LogP contribution in [-0.2, 0) is 9.53 Å². The minimum Gasteiger partial charge on any atom is -0.459 e. The van der Waals surface area contributed by atoms with Gasteiger partial charge in [0.25, 0.3) is 0 Å². The van der Waals surface area contributed by atoms with Gasteiger partial charge in [0.2, 0.25) is 0 Å². The van der Waals surface area contributed by atoms with Crippen LogP contribution in [-0.4, -0.2) is 11.6 Å². The fourth-order valence-corrected chi connectivity index (χ4v) is 1.99. The number of carbonyl (C=O) groups is 1. The summed E-state index contributed by atoms with van der Waals surface area (Å²) in [6.45, 7) is 7.92. The number of rotatable bonds is 5. The van der Waals surface area contributed by atoms with Crippen LogP contribution in [0.5, 0.6) is 0 Å². The molecule has 0 amide bonds. The summed E-state index contributed by atoms with van der Waals surface area (Å²) in [5.41, 5.74) is 1.25. The topological polar surface area (TPSA) is 26.3 Å². The molecule has 0 bridgehead atoms. The standard InChI is InChI=1S/C13H22O2/c1-10(2)6-5-7-11(3)13(8-9-13)15-12(4)14/h6,11H,5,7-9H2,1-4H3. The molecule has 0 heterocycles. The van der Waals surface area contributed by atoms with Gasteiger partial charge in [0.1, 0.15) is 5.60 Å². The quantitative estimate of drug-likeness (QED) is 0.513. The fourth-order valence-electron chi connectivity index (χ4n) is 1.99. The number of hydrogen-bond donors (Lipinski definition) is 0. The molecule has 1 fully saturated rings. The maximum absolute atomic E-state index is 11.0. The van der Waals surface area contributed by atoms with Crippen LogP contribution in [0, 0.1) is 5.92 Å². The second-order valence-electron chi connectivity index (χ2n) is 4.92. The van der Waals surface area contributed by atoms with Crippen LogP contribution < -0.4 is 0 Å². The highest BCUT2D eigenvalue weighted by Gasteiger charge is 2.50. The molecule has 0 spiro atoms. The van der Waals surface area contributed by atoms with Gasteiger partial charge in [0, 0.05) is 6.92 Å². The van der Waals surface area contributed by atoms with Gasteiger partial charge in [0.05, 0.1) is 0 Å². The Balaban J connectivity index is 2.36. The molecule has 1 atom stereocenters. The summed E-state index contributed by atoms with van der Waals surface area (Å²) in [5.74, 6) is 0.346. The summed E-state index contributed by atoms with van der Waals surface area (Å²) in [4.78, 5) is 11.0. The Bertz CT molecular complexity index is 258. The summed E-state index contributed by atoms with van der Waals surface area (Å²) in [6, 6.07) is 0. The highest BCUT2D eigenvalue weighted by molar-refractivity contribution is 5.67. The number of allylic oxidation sites excluding steroid dienone is 2. The zero-order valence-electron chi connectivity index (χ0n) is 10.3. The molecule has 1 aliphatic carbocycles. The molecule has 1 saturated carbocycles. The van der Waals surface area contributed by atoms with Crippen molar-refractivity contribution in [2.45, 2.75) is 59.0 Å². The first-order chi connectivity index (χ1) is 6.96. The maximum Gasteiger partial charge on any atom is 0.303 e. The molecule has 0 aromatic heterocycles. The number of esters is 1. The van der Waals surface area contributed by atoms with Crippen molar-refractivity contribution < 1.29 is 9.53 Å². The van der Waals surface area contributed by atoms with Crippen LogP contribution in [0.1, 0.15) is 53.4 Å². The molecular formula is C13H22O2. The Morgan fingerprint density at radius 2 is 2.00 bits per heavy atom. The van der Waals surface area contributed by atoms with E-state index in [1.54, 1.807) is 0 Å². The molecule has 15 heavy (non-hydrogen) atoms. The molecule has 2 heteroatoms. The average Bonchev–Trinajstić information content (AvgIpc) is 2.83. The third-order valence-corrected chi connectivity index (χ3v) is 3.14. The highest BCUT2D eigenvalue weighted by Crippen LogP contribution is 2.47. The molecular weight excluding hydrogens is 188 g/mol. The summed E-state index contributed by atoms with van der Waals surface area (Å²) >= 11 is 0. The van der Waals surface area contributed by atoms with Gasteiger partial charge in [-0.2, -0.15) is 0 Å². The Morgan fingerprint density at radius 1 is 1.40 bits per heavy atom. The Kier molecular flexibility index (Phi) is 3.95. The van der Waals surface area contributed by atoms with E-state index >= 15 is 0 Å². The SMILES string of the molecule is CC(=O)OC1(C(C)CCC=C(C)C)CC1. The first-order valence-corrected chi connectivity index (χ1v) is 5.79. The molecule has 1 rings (SSSR count). The fraction of sp³-hybridized carbons (Fsp3) is 0.769. The Hall–Kier alpha value is -0.790.